The van der Waals surface area contributed by atoms with Gasteiger partial charge in [0, 0.05) is 12.2 Å². The molecule has 4 rings (SSSR count). The summed E-state index contributed by atoms with van der Waals surface area (Å²) in [6.45, 7) is 2.39. The Kier molecular flexibility index (Phi) is 5.43. The Bertz CT molecular complexity index is 852. The van der Waals surface area contributed by atoms with Crippen LogP contribution in [0.5, 0.6) is 0 Å². The van der Waals surface area contributed by atoms with Gasteiger partial charge >= 0.3 is 0 Å². The number of hydrogen-bond donors (Lipinski definition) is 1. The summed E-state index contributed by atoms with van der Waals surface area (Å²) in [5.41, 5.74) is 2.44. The number of benzene rings is 2. The molecule has 0 saturated carbocycles. The van der Waals surface area contributed by atoms with Crippen molar-refractivity contribution in [2.24, 2.45) is 5.92 Å². The third-order valence-corrected chi connectivity index (χ3v) is 6.09. The number of nitrogens with zero attached hydrogens (tertiary/aromatic N) is 3. The summed E-state index contributed by atoms with van der Waals surface area (Å²) in [6, 6.07) is 19.1. The summed E-state index contributed by atoms with van der Waals surface area (Å²) in [6.07, 6.45) is 2.19. The Morgan fingerprint density at radius 3 is 2.29 bits per heavy atom. The zero-order chi connectivity index (χ0) is 19.5. The molecule has 144 valence electrons. The Labute approximate surface area is 165 Å². The number of piperidine rings is 1. The van der Waals surface area contributed by atoms with E-state index < -0.39 is 6.10 Å². The lowest BCUT2D eigenvalue weighted by molar-refractivity contribution is -0.122. The van der Waals surface area contributed by atoms with Crippen molar-refractivity contribution in [3.8, 4) is 6.07 Å². The molecule has 1 amide bonds. The van der Waals surface area contributed by atoms with Gasteiger partial charge in [-0.2, -0.15) is 5.26 Å². The van der Waals surface area contributed by atoms with E-state index in [1.807, 2.05) is 47.4 Å². The number of likely N-dealkylation sites (tertiary alicyclic amines) is 1. The maximum absolute atomic E-state index is 13.0. The largest absolute Gasteiger partial charge is 0.388 e. The van der Waals surface area contributed by atoms with Gasteiger partial charge in [-0.3, -0.25) is 9.69 Å². The molecule has 1 N–H and O–H groups in total. The topological polar surface area (TPSA) is 67.6 Å². The first kappa shape index (κ1) is 18.7. The minimum atomic E-state index is -0.433. The third-order valence-electron chi connectivity index (χ3n) is 6.09. The van der Waals surface area contributed by atoms with Gasteiger partial charge in [-0.15, -0.1) is 0 Å². The molecular weight excluding hydrogens is 350 g/mol. The van der Waals surface area contributed by atoms with Crippen LogP contribution in [-0.2, 0) is 4.79 Å². The second-order valence-electron chi connectivity index (χ2n) is 7.68. The van der Waals surface area contributed by atoms with Crippen LogP contribution in [0.15, 0.2) is 54.6 Å². The maximum Gasteiger partial charge on any atom is 0.244 e. The van der Waals surface area contributed by atoms with Crippen LogP contribution in [0.3, 0.4) is 0 Å². The van der Waals surface area contributed by atoms with E-state index in [1.165, 1.54) is 0 Å². The van der Waals surface area contributed by atoms with Crippen molar-refractivity contribution in [3.05, 3.63) is 65.7 Å². The van der Waals surface area contributed by atoms with E-state index in [0.29, 0.717) is 12.1 Å². The van der Waals surface area contributed by atoms with Crippen LogP contribution in [0.25, 0.3) is 0 Å². The van der Waals surface area contributed by atoms with E-state index in [9.17, 15) is 9.90 Å². The van der Waals surface area contributed by atoms with Crippen LogP contribution < -0.4 is 4.90 Å². The first-order valence-corrected chi connectivity index (χ1v) is 9.96. The minimum absolute atomic E-state index is 0.0783. The summed E-state index contributed by atoms with van der Waals surface area (Å²) in [5.74, 6) is 0.386. The van der Waals surface area contributed by atoms with Crippen LogP contribution in [-0.4, -0.2) is 41.6 Å². The zero-order valence-corrected chi connectivity index (χ0v) is 15.9. The highest BCUT2D eigenvalue weighted by molar-refractivity contribution is 5.99. The van der Waals surface area contributed by atoms with Gasteiger partial charge in [0.25, 0.3) is 0 Å². The van der Waals surface area contributed by atoms with Gasteiger partial charge in [0.05, 0.1) is 23.8 Å². The number of carbonyl (C=O) groups excluding carboxylic acids is 1. The molecule has 0 bridgehead atoms. The number of anilines is 1. The summed E-state index contributed by atoms with van der Waals surface area (Å²) in [4.78, 5) is 17.1. The van der Waals surface area contributed by atoms with Crippen LogP contribution in [0.4, 0.5) is 5.69 Å². The molecule has 2 saturated heterocycles. The SMILES string of the molecule is N#Cc1ccc(N2CCC(N3CCC(C(O)c4ccccc4)CC3)C2=O)cc1. The zero-order valence-electron chi connectivity index (χ0n) is 15.9. The third kappa shape index (κ3) is 3.66. The Morgan fingerprint density at radius 2 is 1.64 bits per heavy atom. The van der Waals surface area contributed by atoms with Gasteiger partial charge in [0.2, 0.25) is 5.91 Å². The molecule has 2 aromatic carbocycles. The van der Waals surface area contributed by atoms with Crippen molar-refractivity contribution < 1.29 is 9.90 Å². The van der Waals surface area contributed by atoms with Crippen LogP contribution in [0.2, 0.25) is 0 Å². The van der Waals surface area contributed by atoms with Crippen molar-refractivity contribution >= 4 is 11.6 Å². The smallest absolute Gasteiger partial charge is 0.244 e. The molecule has 2 heterocycles. The molecule has 2 aliphatic heterocycles. The minimum Gasteiger partial charge on any atom is -0.388 e. The van der Waals surface area contributed by atoms with E-state index in [1.54, 1.807) is 12.1 Å². The molecule has 5 nitrogen and oxygen atoms in total. The molecule has 0 spiro atoms. The molecule has 2 aliphatic rings. The second-order valence-corrected chi connectivity index (χ2v) is 7.68. The van der Waals surface area contributed by atoms with Gasteiger partial charge in [-0.1, -0.05) is 30.3 Å². The summed E-state index contributed by atoms with van der Waals surface area (Å²) < 4.78 is 0. The summed E-state index contributed by atoms with van der Waals surface area (Å²) >= 11 is 0. The molecule has 28 heavy (non-hydrogen) atoms. The lowest BCUT2D eigenvalue weighted by Gasteiger charge is -2.37. The number of aliphatic hydroxyl groups excluding tert-OH is 1. The van der Waals surface area contributed by atoms with Crippen LogP contribution in [0.1, 0.15) is 36.5 Å². The van der Waals surface area contributed by atoms with Crippen molar-refractivity contribution in [1.82, 2.24) is 4.90 Å². The van der Waals surface area contributed by atoms with E-state index in [-0.39, 0.29) is 17.9 Å². The second kappa shape index (κ2) is 8.14. The highest BCUT2D eigenvalue weighted by atomic mass is 16.3. The fraction of sp³-hybridized carbons (Fsp3) is 0.391. The molecule has 5 heteroatoms. The Hall–Kier alpha value is -2.68. The number of carbonyl (C=O) groups is 1. The first-order chi connectivity index (χ1) is 13.7. The standard InChI is InChI=1S/C23H25N3O2/c24-16-17-6-8-20(9-7-17)26-15-12-21(23(26)28)25-13-10-19(11-14-25)22(27)18-4-2-1-3-5-18/h1-9,19,21-22,27H,10-15H2. The predicted molar refractivity (Wildman–Crippen MR) is 108 cm³/mol. The highest BCUT2D eigenvalue weighted by Gasteiger charge is 2.38. The summed E-state index contributed by atoms with van der Waals surface area (Å²) in [5, 5.41) is 19.6. The summed E-state index contributed by atoms with van der Waals surface area (Å²) in [7, 11) is 0. The van der Waals surface area contributed by atoms with E-state index >= 15 is 0 Å². The highest BCUT2D eigenvalue weighted by Crippen LogP contribution is 2.33. The fourth-order valence-electron chi connectivity index (χ4n) is 4.45. The van der Waals surface area contributed by atoms with Crippen molar-refractivity contribution in [2.45, 2.75) is 31.4 Å². The average molecular weight is 375 g/mol. The number of hydrogen-bond acceptors (Lipinski definition) is 4. The van der Waals surface area contributed by atoms with Gasteiger partial charge in [-0.05, 0) is 68.1 Å². The van der Waals surface area contributed by atoms with Gasteiger partial charge in [-0.25, -0.2) is 0 Å². The number of aliphatic hydroxyl groups is 1. The van der Waals surface area contributed by atoms with Crippen LogP contribution in [0, 0.1) is 17.2 Å². The molecule has 2 aromatic rings. The van der Waals surface area contributed by atoms with Gasteiger partial charge in [0.15, 0.2) is 0 Å². The average Bonchev–Trinajstić information content (AvgIpc) is 3.15. The van der Waals surface area contributed by atoms with Crippen molar-refractivity contribution in [1.29, 1.82) is 5.26 Å². The molecule has 2 fully saturated rings. The molecule has 0 radical (unpaired) electrons. The molecule has 2 unspecified atom stereocenters. The fourth-order valence-corrected chi connectivity index (χ4v) is 4.45. The quantitative estimate of drug-likeness (QED) is 0.892. The normalized spacial score (nSPS) is 22.2. The molecule has 0 aromatic heterocycles. The lowest BCUT2D eigenvalue weighted by Crippen LogP contribution is -2.46. The maximum atomic E-state index is 13.0. The van der Waals surface area contributed by atoms with Gasteiger partial charge < -0.3 is 10.0 Å². The van der Waals surface area contributed by atoms with Crippen molar-refractivity contribution in [3.63, 3.8) is 0 Å². The lowest BCUT2D eigenvalue weighted by atomic mass is 9.87. The number of rotatable bonds is 4. The van der Waals surface area contributed by atoms with E-state index in [2.05, 4.69) is 11.0 Å². The Balaban J connectivity index is 1.36. The Morgan fingerprint density at radius 1 is 0.964 bits per heavy atom. The number of amides is 1. The predicted octanol–water partition coefficient (Wildman–Crippen LogP) is 3.11. The molecule has 0 aliphatic carbocycles. The van der Waals surface area contributed by atoms with Gasteiger partial charge in [0.1, 0.15) is 0 Å². The van der Waals surface area contributed by atoms with E-state index in [0.717, 1.165) is 43.6 Å². The van der Waals surface area contributed by atoms with E-state index in [4.69, 9.17) is 5.26 Å². The first-order valence-electron chi connectivity index (χ1n) is 9.96. The molecular formula is C23H25N3O2. The van der Waals surface area contributed by atoms with Crippen LogP contribution >= 0.6 is 0 Å². The molecule has 2 atom stereocenters. The number of nitriles is 1. The monoisotopic (exact) mass is 375 g/mol. The van der Waals surface area contributed by atoms with Crippen molar-refractivity contribution in [2.75, 3.05) is 24.5 Å².